The van der Waals surface area contributed by atoms with Crippen molar-refractivity contribution in [2.45, 2.75) is 44.8 Å². The Morgan fingerprint density at radius 3 is 2.44 bits per heavy atom. The lowest BCUT2D eigenvalue weighted by Gasteiger charge is -2.36. The summed E-state index contributed by atoms with van der Waals surface area (Å²) in [6.07, 6.45) is 2.78. The summed E-state index contributed by atoms with van der Waals surface area (Å²) in [5.74, 6) is 0. The van der Waals surface area contributed by atoms with Crippen LogP contribution >= 0.6 is 27.3 Å². The summed E-state index contributed by atoms with van der Waals surface area (Å²) in [5, 5.41) is 0. The van der Waals surface area contributed by atoms with Crippen molar-refractivity contribution < 1.29 is 4.74 Å². The molecular formula is C12H20BrNOS. The molecular weight excluding hydrogens is 286 g/mol. The van der Waals surface area contributed by atoms with E-state index in [9.17, 15) is 0 Å². The maximum absolute atomic E-state index is 6.29. The zero-order valence-electron chi connectivity index (χ0n) is 10.1. The fourth-order valence-corrected chi connectivity index (χ4v) is 3.62. The predicted molar refractivity (Wildman–Crippen MR) is 74.0 cm³/mol. The zero-order valence-corrected chi connectivity index (χ0v) is 12.5. The third-order valence-corrected chi connectivity index (χ3v) is 4.98. The Balaban J connectivity index is 2.72. The molecule has 1 aromatic heterocycles. The van der Waals surface area contributed by atoms with E-state index in [0.717, 1.165) is 23.0 Å². The van der Waals surface area contributed by atoms with Crippen LogP contribution in [0.25, 0.3) is 0 Å². The molecule has 0 spiro atoms. The molecule has 1 unspecified atom stereocenters. The molecule has 0 radical (unpaired) electrons. The minimum absolute atomic E-state index is 0.0537. The summed E-state index contributed by atoms with van der Waals surface area (Å²) in [6.45, 7) is 4.27. The van der Waals surface area contributed by atoms with Crippen molar-refractivity contribution in [3.05, 3.63) is 20.8 Å². The monoisotopic (exact) mass is 305 g/mol. The maximum Gasteiger partial charge on any atom is 0.0827 e. The third-order valence-electron chi connectivity index (χ3n) is 3.33. The molecule has 4 heteroatoms. The molecule has 0 aliphatic rings. The Morgan fingerprint density at radius 2 is 2.06 bits per heavy atom. The Morgan fingerprint density at radius 1 is 1.44 bits per heavy atom. The first-order valence-electron chi connectivity index (χ1n) is 5.63. The van der Waals surface area contributed by atoms with E-state index < -0.39 is 0 Å². The molecule has 0 saturated carbocycles. The van der Waals surface area contributed by atoms with Crippen molar-refractivity contribution >= 4 is 27.3 Å². The molecule has 0 aromatic carbocycles. The summed E-state index contributed by atoms with van der Waals surface area (Å²) < 4.78 is 6.80. The summed E-state index contributed by atoms with van der Waals surface area (Å²) in [5.41, 5.74) is 6.11. The molecule has 0 aliphatic carbocycles. The van der Waals surface area contributed by atoms with Crippen LogP contribution in [-0.4, -0.2) is 18.8 Å². The lowest BCUT2D eigenvalue weighted by atomic mass is 9.86. The number of hydrogen-bond donors (Lipinski definition) is 1. The number of halogens is 1. The topological polar surface area (TPSA) is 35.2 Å². The number of thiophene rings is 1. The van der Waals surface area contributed by atoms with Crippen LogP contribution in [0, 0.1) is 0 Å². The van der Waals surface area contributed by atoms with Gasteiger partial charge in [0.2, 0.25) is 0 Å². The molecule has 1 atom stereocenters. The zero-order chi connectivity index (χ0) is 12.2. The maximum atomic E-state index is 6.29. The van der Waals surface area contributed by atoms with E-state index in [0.29, 0.717) is 0 Å². The largest absolute Gasteiger partial charge is 0.377 e. The normalized spacial score (nSPS) is 14.1. The van der Waals surface area contributed by atoms with Crippen molar-refractivity contribution in [3.63, 3.8) is 0 Å². The molecule has 0 amide bonds. The van der Waals surface area contributed by atoms with Gasteiger partial charge in [0, 0.05) is 18.0 Å². The molecule has 92 valence electrons. The number of ether oxygens (including phenoxy) is 1. The molecule has 1 aromatic rings. The Bertz CT molecular complexity index is 314. The van der Waals surface area contributed by atoms with Gasteiger partial charge in [0.1, 0.15) is 0 Å². The van der Waals surface area contributed by atoms with Crippen LogP contribution in [0.4, 0.5) is 0 Å². The Kier molecular flexibility index (Phi) is 5.44. The van der Waals surface area contributed by atoms with Crippen LogP contribution in [0.5, 0.6) is 0 Å². The van der Waals surface area contributed by atoms with E-state index in [2.05, 4.69) is 41.9 Å². The van der Waals surface area contributed by atoms with Gasteiger partial charge in [0.15, 0.2) is 0 Å². The minimum Gasteiger partial charge on any atom is -0.377 e. The van der Waals surface area contributed by atoms with E-state index >= 15 is 0 Å². The Hall–Kier alpha value is 0.1000. The molecule has 0 fully saturated rings. The van der Waals surface area contributed by atoms with Crippen molar-refractivity contribution in [2.75, 3.05) is 7.11 Å². The fourth-order valence-electron chi connectivity index (χ4n) is 2.08. The number of nitrogens with two attached hydrogens (primary N) is 1. The first-order valence-corrected chi connectivity index (χ1v) is 7.23. The van der Waals surface area contributed by atoms with E-state index in [1.165, 1.54) is 4.88 Å². The van der Waals surface area contributed by atoms with Crippen molar-refractivity contribution in [1.82, 2.24) is 0 Å². The summed E-state index contributed by atoms with van der Waals surface area (Å²) in [6, 6.07) is 4.25. The van der Waals surface area contributed by atoms with Crippen LogP contribution in [0.1, 0.15) is 31.6 Å². The summed E-state index contributed by atoms with van der Waals surface area (Å²) >= 11 is 5.21. The van der Waals surface area contributed by atoms with Crippen LogP contribution in [0.15, 0.2) is 15.9 Å². The van der Waals surface area contributed by atoms with Gasteiger partial charge in [-0.2, -0.15) is 0 Å². The van der Waals surface area contributed by atoms with Crippen LogP contribution < -0.4 is 5.73 Å². The van der Waals surface area contributed by atoms with Gasteiger partial charge in [-0.25, -0.2) is 0 Å². The predicted octanol–water partition coefficient (Wildman–Crippen LogP) is 3.59. The van der Waals surface area contributed by atoms with E-state index in [4.69, 9.17) is 10.5 Å². The summed E-state index contributed by atoms with van der Waals surface area (Å²) in [7, 11) is 1.76. The highest BCUT2D eigenvalue weighted by Crippen LogP contribution is 2.28. The number of hydrogen-bond acceptors (Lipinski definition) is 3. The van der Waals surface area contributed by atoms with Crippen LogP contribution in [0.3, 0.4) is 0 Å². The van der Waals surface area contributed by atoms with Crippen molar-refractivity contribution in [3.8, 4) is 0 Å². The molecule has 0 aliphatic heterocycles. The second-order valence-corrected chi connectivity index (χ2v) is 6.54. The van der Waals surface area contributed by atoms with E-state index in [1.807, 2.05) is 0 Å². The number of rotatable bonds is 6. The molecule has 1 rings (SSSR count). The highest BCUT2D eigenvalue weighted by atomic mass is 79.9. The Labute approximate surface area is 110 Å². The lowest BCUT2D eigenvalue weighted by Crippen LogP contribution is -2.49. The summed E-state index contributed by atoms with van der Waals surface area (Å²) in [4.78, 5) is 1.31. The van der Waals surface area contributed by atoms with Gasteiger partial charge < -0.3 is 10.5 Å². The quantitative estimate of drug-likeness (QED) is 0.872. The van der Waals surface area contributed by atoms with Gasteiger partial charge in [-0.05, 0) is 47.3 Å². The first-order chi connectivity index (χ1) is 7.57. The first kappa shape index (κ1) is 14.2. The van der Waals surface area contributed by atoms with Crippen LogP contribution in [-0.2, 0) is 11.2 Å². The van der Waals surface area contributed by atoms with E-state index in [-0.39, 0.29) is 11.6 Å². The SMILES string of the molecule is CCC(CC)(OC)C(N)Cc1ccc(Br)s1. The highest BCUT2D eigenvalue weighted by Gasteiger charge is 2.33. The minimum atomic E-state index is -0.184. The second-order valence-electron chi connectivity index (χ2n) is 3.99. The average molecular weight is 306 g/mol. The van der Waals surface area contributed by atoms with Crippen molar-refractivity contribution in [2.24, 2.45) is 5.73 Å². The van der Waals surface area contributed by atoms with Crippen LogP contribution in [0.2, 0.25) is 0 Å². The second kappa shape index (κ2) is 6.15. The van der Waals surface area contributed by atoms with Crippen molar-refractivity contribution in [1.29, 1.82) is 0 Å². The molecule has 0 saturated heterocycles. The molecule has 0 bridgehead atoms. The van der Waals surface area contributed by atoms with Gasteiger partial charge in [0.05, 0.1) is 9.39 Å². The fraction of sp³-hybridized carbons (Fsp3) is 0.667. The standard InChI is InChI=1S/C12H20BrNOS/c1-4-12(5-2,15-3)10(14)8-9-6-7-11(13)16-9/h6-7,10H,4-5,8,14H2,1-3H3. The average Bonchev–Trinajstić information content (AvgIpc) is 2.67. The van der Waals surface area contributed by atoms with E-state index in [1.54, 1.807) is 18.4 Å². The third kappa shape index (κ3) is 3.06. The van der Waals surface area contributed by atoms with Gasteiger partial charge in [-0.15, -0.1) is 11.3 Å². The molecule has 1 heterocycles. The smallest absolute Gasteiger partial charge is 0.0827 e. The van der Waals surface area contributed by atoms with Gasteiger partial charge in [-0.3, -0.25) is 0 Å². The molecule has 2 nitrogen and oxygen atoms in total. The van der Waals surface area contributed by atoms with Gasteiger partial charge in [0.25, 0.3) is 0 Å². The molecule has 2 N–H and O–H groups in total. The van der Waals surface area contributed by atoms with Gasteiger partial charge >= 0.3 is 0 Å². The molecule has 16 heavy (non-hydrogen) atoms. The van der Waals surface area contributed by atoms with Gasteiger partial charge in [-0.1, -0.05) is 13.8 Å². The number of methoxy groups -OCH3 is 1. The lowest BCUT2D eigenvalue weighted by molar-refractivity contribution is -0.0372. The highest BCUT2D eigenvalue weighted by molar-refractivity contribution is 9.11.